The molecule has 1 N–H and O–H groups in total. The lowest BCUT2D eigenvalue weighted by Crippen LogP contribution is -2.47. The Morgan fingerprint density at radius 1 is 1.23 bits per heavy atom. The van der Waals surface area contributed by atoms with Crippen molar-refractivity contribution in [2.75, 3.05) is 26.2 Å². The second kappa shape index (κ2) is 6.74. The zero-order valence-corrected chi connectivity index (χ0v) is 13.1. The maximum atomic E-state index is 11.9. The molecule has 1 aromatic heterocycles. The molecule has 0 saturated carbocycles. The summed E-state index contributed by atoms with van der Waals surface area (Å²) < 4.78 is 10.4. The minimum absolute atomic E-state index is 0.163. The first kappa shape index (κ1) is 16.2. The van der Waals surface area contributed by atoms with Crippen LogP contribution in [0.1, 0.15) is 31.1 Å². The van der Waals surface area contributed by atoms with E-state index in [4.69, 9.17) is 9.47 Å². The van der Waals surface area contributed by atoms with E-state index in [1.54, 1.807) is 25.7 Å². The van der Waals surface area contributed by atoms with Crippen LogP contribution in [0.3, 0.4) is 0 Å². The number of ether oxygens (including phenoxy) is 2. The second-order valence-electron chi connectivity index (χ2n) is 5.99. The normalized spacial score (nSPS) is 15.3. The van der Waals surface area contributed by atoms with Crippen molar-refractivity contribution < 1.29 is 19.1 Å². The maximum absolute atomic E-state index is 11.9. The lowest BCUT2D eigenvalue weighted by atomic mass is 10.2. The van der Waals surface area contributed by atoms with Gasteiger partial charge in [0.1, 0.15) is 5.60 Å². The van der Waals surface area contributed by atoms with Crippen LogP contribution < -0.4 is 10.1 Å². The van der Waals surface area contributed by atoms with Crippen molar-refractivity contribution in [1.29, 1.82) is 0 Å². The molecule has 0 radical (unpaired) electrons. The highest BCUT2D eigenvalue weighted by atomic mass is 16.6. The summed E-state index contributed by atoms with van der Waals surface area (Å²) in [5, 5.41) is 3.16. The van der Waals surface area contributed by atoms with E-state index in [1.807, 2.05) is 0 Å². The maximum Gasteiger partial charge on any atom is 0.416 e. The third-order valence-corrected chi connectivity index (χ3v) is 2.94. The number of piperazine rings is 1. The number of amides is 1. The summed E-state index contributed by atoms with van der Waals surface area (Å²) in [6.45, 7) is 8.09. The van der Waals surface area contributed by atoms with Gasteiger partial charge in [-0.2, -0.15) is 0 Å². The number of hydrogen-bond acceptors (Lipinski definition) is 6. The first-order valence-corrected chi connectivity index (χ1v) is 7.22. The molecule has 0 unspecified atom stereocenters. The van der Waals surface area contributed by atoms with E-state index in [-0.39, 0.29) is 5.88 Å². The smallest absolute Gasteiger partial charge is 0.416 e. The molecular weight excluding hydrogens is 286 g/mol. The fraction of sp³-hybridized carbons (Fsp3) is 0.533. The number of aromatic nitrogens is 1. The van der Waals surface area contributed by atoms with E-state index < -0.39 is 17.7 Å². The summed E-state index contributed by atoms with van der Waals surface area (Å²) in [6.07, 6.45) is 0.910. The molecule has 1 aliphatic heterocycles. The Morgan fingerprint density at radius 2 is 1.91 bits per heavy atom. The topological polar surface area (TPSA) is 80.8 Å². The van der Waals surface area contributed by atoms with Crippen molar-refractivity contribution in [3.8, 4) is 5.88 Å². The fourth-order valence-corrected chi connectivity index (χ4v) is 1.90. The van der Waals surface area contributed by atoms with Gasteiger partial charge in [0.25, 0.3) is 0 Å². The molecule has 1 amide bonds. The lowest BCUT2D eigenvalue weighted by Gasteiger charge is -2.26. The van der Waals surface area contributed by atoms with Crippen LogP contribution in [0.5, 0.6) is 5.88 Å². The molecule has 2 rings (SSSR count). The summed E-state index contributed by atoms with van der Waals surface area (Å²) in [7, 11) is 0. The van der Waals surface area contributed by atoms with Crippen LogP contribution in [0.15, 0.2) is 18.3 Å². The molecule has 0 bridgehead atoms. The number of carbonyl (C=O) groups excluding carboxylic acids is 2. The molecule has 120 valence electrons. The summed E-state index contributed by atoms with van der Waals surface area (Å²) in [5.41, 5.74) is -0.248. The minimum Gasteiger partial charge on any atom is -0.456 e. The van der Waals surface area contributed by atoms with Gasteiger partial charge in [0.2, 0.25) is 5.88 Å². The average Bonchev–Trinajstić information content (AvgIpc) is 2.47. The van der Waals surface area contributed by atoms with Crippen molar-refractivity contribution in [2.24, 2.45) is 0 Å². The van der Waals surface area contributed by atoms with Gasteiger partial charge in [0, 0.05) is 38.4 Å². The van der Waals surface area contributed by atoms with Gasteiger partial charge < -0.3 is 19.7 Å². The van der Waals surface area contributed by atoms with E-state index in [0.717, 1.165) is 13.1 Å². The van der Waals surface area contributed by atoms with E-state index in [9.17, 15) is 9.59 Å². The Bertz CT molecular complexity index is 531. The Hall–Kier alpha value is -2.15. The molecule has 7 heteroatoms. The fourth-order valence-electron chi connectivity index (χ4n) is 1.90. The van der Waals surface area contributed by atoms with Gasteiger partial charge in [-0.3, -0.25) is 0 Å². The molecule has 22 heavy (non-hydrogen) atoms. The predicted octanol–water partition coefficient (Wildman–Crippen LogP) is 1.44. The summed E-state index contributed by atoms with van der Waals surface area (Å²) >= 11 is 0. The van der Waals surface area contributed by atoms with Crippen LogP contribution in [-0.2, 0) is 4.74 Å². The predicted molar refractivity (Wildman–Crippen MR) is 79.9 cm³/mol. The van der Waals surface area contributed by atoms with E-state index in [2.05, 4.69) is 10.3 Å². The van der Waals surface area contributed by atoms with Crippen molar-refractivity contribution >= 4 is 12.1 Å². The van der Waals surface area contributed by atoms with Crippen LogP contribution in [0.2, 0.25) is 0 Å². The highest BCUT2D eigenvalue weighted by Gasteiger charge is 2.20. The summed E-state index contributed by atoms with van der Waals surface area (Å²) in [6, 6.07) is 3.01. The van der Waals surface area contributed by atoms with Crippen molar-refractivity contribution in [3.63, 3.8) is 0 Å². The van der Waals surface area contributed by atoms with Gasteiger partial charge >= 0.3 is 12.1 Å². The molecule has 7 nitrogen and oxygen atoms in total. The van der Waals surface area contributed by atoms with Gasteiger partial charge in [0.15, 0.2) is 0 Å². The molecule has 1 aliphatic rings. The van der Waals surface area contributed by atoms with Crippen LogP contribution in [0.25, 0.3) is 0 Å². The third-order valence-electron chi connectivity index (χ3n) is 2.94. The van der Waals surface area contributed by atoms with Crippen LogP contribution >= 0.6 is 0 Å². The minimum atomic E-state index is -0.565. The van der Waals surface area contributed by atoms with Crippen molar-refractivity contribution in [1.82, 2.24) is 15.2 Å². The number of carbonyl (C=O) groups is 2. The number of nitrogens with one attached hydrogen (secondary N) is 1. The van der Waals surface area contributed by atoms with Gasteiger partial charge in [-0.25, -0.2) is 14.6 Å². The Balaban J connectivity index is 1.94. The highest BCUT2D eigenvalue weighted by Crippen LogP contribution is 2.14. The molecule has 0 aliphatic carbocycles. The molecule has 1 fully saturated rings. The number of rotatable bonds is 2. The summed E-state index contributed by atoms with van der Waals surface area (Å²) in [5.74, 6) is -0.296. The highest BCUT2D eigenvalue weighted by molar-refractivity contribution is 5.89. The quantitative estimate of drug-likeness (QED) is 0.833. The van der Waals surface area contributed by atoms with Crippen LogP contribution in [0, 0.1) is 0 Å². The molecule has 1 saturated heterocycles. The van der Waals surface area contributed by atoms with Crippen molar-refractivity contribution in [3.05, 3.63) is 23.9 Å². The number of nitrogens with zero attached hydrogens (tertiary/aromatic N) is 2. The third kappa shape index (κ3) is 4.70. The molecule has 1 aromatic rings. The van der Waals surface area contributed by atoms with Gasteiger partial charge in [-0.1, -0.05) is 0 Å². The number of pyridine rings is 1. The largest absolute Gasteiger partial charge is 0.456 e. The van der Waals surface area contributed by atoms with Gasteiger partial charge in [-0.05, 0) is 26.8 Å². The van der Waals surface area contributed by atoms with Crippen LogP contribution in [-0.4, -0.2) is 53.7 Å². The molecule has 0 aromatic carbocycles. The number of esters is 1. The van der Waals surface area contributed by atoms with Gasteiger partial charge in [0.05, 0.1) is 5.56 Å². The Morgan fingerprint density at radius 3 is 2.45 bits per heavy atom. The SMILES string of the molecule is CC(C)(C)OC(=O)c1ccc(OC(=O)N2CCNCC2)nc1. The van der Waals surface area contributed by atoms with E-state index in [1.165, 1.54) is 18.3 Å². The lowest BCUT2D eigenvalue weighted by molar-refractivity contribution is 0.00691. The first-order valence-electron chi connectivity index (χ1n) is 7.22. The Labute approximate surface area is 129 Å². The zero-order valence-electron chi connectivity index (χ0n) is 13.1. The van der Waals surface area contributed by atoms with E-state index in [0.29, 0.717) is 18.7 Å². The average molecular weight is 307 g/mol. The van der Waals surface area contributed by atoms with Crippen LogP contribution in [0.4, 0.5) is 4.79 Å². The monoisotopic (exact) mass is 307 g/mol. The second-order valence-corrected chi connectivity index (χ2v) is 5.99. The van der Waals surface area contributed by atoms with Gasteiger partial charge in [-0.15, -0.1) is 0 Å². The van der Waals surface area contributed by atoms with Crippen molar-refractivity contribution in [2.45, 2.75) is 26.4 Å². The molecule has 2 heterocycles. The zero-order chi connectivity index (χ0) is 16.2. The Kier molecular flexibility index (Phi) is 4.97. The molecule has 0 atom stereocenters. The summed E-state index contributed by atoms with van der Waals surface area (Å²) in [4.78, 5) is 29.4. The molecule has 0 spiro atoms. The standard InChI is InChI=1S/C15H21N3O4/c1-15(2,3)22-13(19)11-4-5-12(17-10-11)21-14(20)18-8-6-16-7-9-18/h4-5,10,16H,6-9H2,1-3H3. The first-order chi connectivity index (χ1) is 10.3. The molecular formula is C15H21N3O4. The van der Waals surface area contributed by atoms with E-state index >= 15 is 0 Å². The number of hydrogen-bond donors (Lipinski definition) is 1.